The highest BCUT2D eigenvalue weighted by Crippen LogP contribution is 2.20. The number of hydrogen-bond donors (Lipinski definition) is 0. The van der Waals surface area contributed by atoms with Gasteiger partial charge < -0.3 is 4.57 Å². The highest BCUT2D eigenvalue weighted by molar-refractivity contribution is 6.16. The quantitative estimate of drug-likeness (QED) is 0.671. The van der Waals surface area contributed by atoms with Crippen LogP contribution in [0.2, 0.25) is 0 Å². The minimum Gasteiger partial charge on any atom is -0.304 e. The molecule has 3 aromatic rings. The largest absolute Gasteiger partial charge is 0.304 e. The van der Waals surface area contributed by atoms with Crippen LogP contribution < -0.4 is 0 Å². The minimum absolute atomic E-state index is 0.348. The zero-order valence-electron chi connectivity index (χ0n) is 11.0. The molecule has 0 N–H and O–H groups in total. The molecule has 0 unspecified atom stereocenters. The summed E-state index contributed by atoms with van der Waals surface area (Å²) in [6.07, 6.45) is 1.68. The van der Waals surface area contributed by atoms with E-state index in [0.29, 0.717) is 12.4 Å². The summed E-state index contributed by atoms with van der Waals surface area (Å²) >= 11 is 5.98. The molecule has 0 aromatic carbocycles. The molecule has 0 radical (unpaired) electrons. The van der Waals surface area contributed by atoms with Gasteiger partial charge in [-0.05, 0) is 6.92 Å². The van der Waals surface area contributed by atoms with Gasteiger partial charge in [0.1, 0.15) is 17.7 Å². The van der Waals surface area contributed by atoms with Crippen molar-refractivity contribution >= 4 is 22.8 Å². The van der Waals surface area contributed by atoms with Crippen molar-refractivity contribution < 1.29 is 0 Å². The van der Waals surface area contributed by atoms with Crippen LogP contribution >= 0.6 is 11.6 Å². The molecule has 0 aliphatic heterocycles. The summed E-state index contributed by atoms with van der Waals surface area (Å²) in [6.45, 7) is 2.48. The molecule has 19 heavy (non-hydrogen) atoms. The maximum Gasteiger partial charge on any atom is 0.170 e. The lowest BCUT2D eigenvalue weighted by Crippen LogP contribution is -2.09. The van der Waals surface area contributed by atoms with Gasteiger partial charge in [0.05, 0.1) is 18.1 Å². The van der Waals surface area contributed by atoms with Gasteiger partial charge in [-0.3, -0.25) is 9.36 Å². The Morgan fingerprint density at radius 3 is 2.68 bits per heavy atom. The number of imidazole rings is 1. The van der Waals surface area contributed by atoms with Gasteiger partial charge in [0.2, 0.25) is 0 Å². The van der Waals surface area contributed by atoms with Crippen molar-refractivity contribution in [1.82, 2.24) is 34.1 Å². The number of alkyl halides is 1. The number of hydrogen-bond acceptors (Lipinski definition) is 4. The van der Waals surface area contributed by atoms with Crippen LogP contribution in [0.15, 0.2) is 6.33 Å². The average Bonchev–Trinajstić information content (AvgIpc) is 3.00. The van der Waals surface area contributed by atoms with E-state index in [1.54, 1.807) is 11.0 Å². The van der Waals surface area contributed by atoms with E-state index < -0.39 is 0 Å². The number of aromatic nitrogens is 7. The molecule has 3 heterocycles. The first kappa shape index (κ1) is 12.2. The number of fused-ring (bicyclic) bond motifs is 1. The molecule has 0 aliphatic carbocycles. The lowest BCUT2D eigenvalue weighted by Gasteiger charge is -2.05. The van der Waals surface area contributed by atoms with Crippen molar-refractivity contribution in [3.8, 4) is 0 Å². The smallest absolute Gasteiger partial charge is 0.170 e. The maximum absolute atomic E-state index is 5.98. The van der Waals surface area contributed by atoms with Gasteiger partial charge in [-0.2, -0.15) is 10.2 Å². The van der Waals surface area contributed by atoms with Gasteiger partial charge in [-0.15, -0.1) is 11.6 Å². The first-order valence-electron chi connectivity index (χ1n) is 5.89. The molecule has 7 nitrogen and oxygen atoms in total. The van der Waals surface area contributed by atoms with E-state index >= 15 is 0 Å². The van der Waals surface area contributed by atoms with Crippen LogP contribution in [0, 0.1) is 6.92 Å². The zero-order chi connectivity index (χ0) is 13.6. The molecule has 3 rings (SSSR count). The number of rotatable bonds is 3. The fraction of sp³-hybridized carbons (Fsp3) is 0.455. The normalized spacial score (nSPS) is 11.6. The van der Waals surface area contributed by atoms with Crippen molar-refractivity contribution in [3.05, 3.63) is 23.7 Å². The van der Waals surface area contributed by atoms with Gasteiger partial charge in [-0.25, -0.2) is 9.97 Å². The molecule has 0 saturated heterocycles. The van der Waals surface area contributed by atoms with Crippen LogP contribution in [0.25, 0.3) is 11.2 Å². The van der Waals surface area contributed by atoms with E-state index in [1.807, 2.05) is 30.3 Å². The van der Waals surface area contributed by atoms with Crippen molar-refractivity contribution in [2.24, 2.45) is 14.1 Å². The predicted octanol–water partition coefficient (Wildman–Crippen LogP) is 0.994. The van der Waals surface area contributed by atoms with Gasteiger partial charge >= 0.3 is 0 Å². The second-order valence-corrected chi connectivity index (χ2v) is 4.73. The van der Waals surface area contributed by atoms with Crippen LogP contribution in [0.1, 0.15) is 17.3 Å². The standard InChI is InChI=1S/C11H14ClN7/c1-7-10-11(18(3)15-7)19(9(4-12)14-10)5-8-13-6-17(2)16-8/h6H,4-5H2,1-3H3. The van der Waals surface area contributed by atoms with E-state index in [9.17, 15) is 0 Å². The Labute approximate surface area is 114 Å². The van der Waals surface area contributed by atoms with Gasteiger partial charge in [0.25, 0.3) is 0 Å². The summed E-state index contributed by atoms with van der Waals surface area (Å²) in [6, 6.07) is 0. The Morgan fingerprint density at radius 1 is 1.26 bits per heavy atom. The first-order chi connectivity index (χ1) is 9.10. The molecule has 100 valence electrons. The lowest BCUT2D eigenvalue weighted by atomic mass is 10.4. The van der Waals surface area contributed by atoms with Crippen LogP contribution in [0.3, 0.4) is 0 Å². The topological polar surface area (TPSA) is 66.3 Å². The highest BCUT2D eigenvalue weighted by Gasteiger charge is 2.17. The number of halogens is 1. The molecule has 0 atom stereocenters. The first-order valence-corrected chi connectivity index (χ1v) is 6.42. The average molecular weight is 280 g/mol. The van der Waals surface area contributed by atoms with Crippen molar-refractivity contribution in [2.45, 2.75) is 19.3 Å². The van der Waals surface area contributed by atoms with Crippen LogP contribution in [-0.4, -0.2) is 34.1 Å². The molecular weight excluding hydrogens is 266 g/mol. The van der Waals surface area contributed by atoms with E-state index in [2.05, 4.69) is 20.2 Å². The number of aryl methyl sites for hydroxylation is 3. The monoisotopic (exact) mass is 279 g/mol. The van der Waals surface area contributed by atoms with Crippen molar-refractivity contribution in [1.29, 1.82) is 0 Å². The van der Waals surface area contributed by atoms with Crippen molar-refractivity contribution in [3.63, 3.8) is 0 Å². The summed E-state index contributed by atoms with van der Waals surface area (Å²) in [5.41, 5.74) is 2.73. The van der Waals surface area contributed by atoms with Gasteiger partial charge in [0.15, 0.2) is 11.5 Å². The Morgan fingerprint density at radius 2 is 2.05 bits per heavy atom. The third-order valence-corrected chi connectivity index (χ3v) is 3.27. The number of nitrogens with zero attached hydrogens (tertiary/aromatic N) is 7. The van der Waals surface area contributed by atoms with E-state index in [-0.39, 0.29) is 0 Å². The molecule has 0 spiro atoms. The van der Waals surface area contributed by atoms with Gasteiger partial charge in [0, 0.05) is 14.1 Å². The summed E-state index contributed by atoms with van der Waals surface area (Å²) in [5.74, 6) is 1.88. The molecule has 0 bridgehead atoms. The molecule has 8 heteroatoms. The van der Waals surface area contributed by atoms with Crippen molar-refractivity contribution in [2.75, 3.05) is 0 Å². The van der Waals surface area contributed by atoms with E-state index in [4.69, 9.17) is 11.6 Å². The Hall–Kier alpha value is -1.89. The van der Waals surface area contributed by atoms with Crippen LogP contribution in [0.4, 0.5) is 0 Å². The van der Waals surface area contributed by atoms with Crippen LogP contribution in [-0.2, 0) is 26.5 Å². The lowest BCUT2D eigenvalue weighted by molar-refractivity contribution is 0.668. The molecule has 0 fully saturated rings. The zero-order valence-corrected chi connectivity index (χ0v) is 11.8. The van der Waals surface area contributed by atoms with E-state index in [0.717, 1.165) is 28.5 Å². The summed E-state index contributed by atoms with van der Waals surface area (Å²) < 4.78 is 5.51. The molecule has 3 aromatic heterocycles. The Kier molecular flexibility index (Phi) is 2.78. The van der Waals surface area contributed by atoms with Crippen LogP contribution in [0.5, 0.6) is 0 Å². The SMILES string of the molecule is Cc1nn(C)c2c1nc(CCl)n2Cc1ncn(C)n1. The fourth-order valence-corrected chi connectivity index (χ4v) is 2.45. The molecule has 0 amide bonds. The second-order valence-electron chi connectivity index (χ2n) is 4.46. The Bertz CT molecular complexity index is 736. The Balaban J connectivity index is 2.15. The maximum atomic E-state index is 5.98. The molecular formula is C11H14ClN7. The third-order valence-electron chi connectivity index (χ3n) is 3.04. The highest BCUT2D eigenvalue weighted by atomic mass is 35.5. The summed E-state index contributed by atoms with van der Waals surface area (Å²) in [4.78, 5) is 8.78. The molecule has 0 aliphatic rings. The summed E-state index contributed by atoms with van der Waals surface area (Å²) in [7, 11) is 3.74. The van der Waals surface area contributed by atoms with Gasteiger partial charge in [-0.1, -0.05) is 0 Å². The third kappa shape index (κ3) is 1.90. The second kappa shape index (κ2) is 4.34. The minimum atomic E-state index is 0.348. The van der Waals surface area contributed by atoms with E-state index in [1.165, 1.54) is 0 Å². The predicted molar refractivity (Wildman–Crippen MR) is 70.9 cm³/mol. The fourth-order valence-electron chi connectivity index (χ4n) is 2.25. The molecule has 0 saturated carbocycles. The summed E-state index contributed by atoms with van der Waals surface area (Å²) in [5, 5.41) is 8.67.